The first-order chi connectivity index (χ1) is 6.03. The smallest absolute Gasteiger partial charge is 0.0582 e. The number of aliphatic hydroxyl groups excluding tert-OH is 1. The SMILES string of the molecule is CC(CO)NC1CCC(C)(C)CC1. The fourth-order valence-corrected chi connectivity index (χ4v) is 2.02. The predicted octanol–water partition coefficient (Wildman–Crippen LogP) is 1.93. The molecule has 0 saturated heterocycles. The molecule has 0 spiro atoms. The molecular weight excluding hydrogens is 162 g/mol. The van der Waals surface area contributed by atoms with Crippen molar-refractivity contribution in [1.29, 1.82) is 0 Å². The first-order valence-corrected chi connectivity index (χ1v) is 5.40. The zero-order chi connectivity index (χ0) is 9.90. The summed E-state index contributed by atoms with van der Waals surface area (Å²) in [5.41, 5.74) is 0.542. The van der Waals surface area contributed by atoms with Crippen LogP contribution in [0.25, 0.3) is 0 Å². The molecule has 0 heterocycles. The molecule has 1 aliphatic rings. The Morgan fingerprint density at radius 2 is 1.92 bits per heavy atom. The topological polar surface area (TPSA) is 32.3 Å². The van der Waals surface area contributed by atoms with Gasteiger partial charge in [-0.2, -0.15) is 0 Å². The third-order valence-corrected chi connectivity index (χ3v) is 3.13. The number of hydrogen-bond acceptors (Lipinski definition) is 2. The van der Waals surface area contributed by atoms with Crippen LogP contribution in [0.2, 0.25) is 0 Å². The van der Waals surface area contributed by atoms with E-state index in [9.17, 15) is 0 Å². The van der Waals surface area contributed by atoms with Crippen molar-refractivity contribution in [3.63, 3.8) is 0 Å². The highest BCUT2D eigenvalue weighted by Crippen LogP contribution is 2.34. The molecule has 2 nitrogen and oxygen atoms in total. The van der Waals surface area contributed by atoms with Crippen LogP contribution in [0.3, 0.4) is 0 Å². The van der Waals surface area contributed by atoms with Crippen molar-refractivity contribution in [2.24, 2.45) is 5.41 Å². The van der Waals surface area contributed by atoms with Crippen LogP contribution >= 0.6 is 0 Å². The lowest BCUT2D eigenvalue weighted by molar-refractivity contribution is 0.179. The molecule has 0 aromatic rings. The van der Waals surface area contributed by atoms with Crippen LogP contribution in [-0.2, 0) is 0 Å². The van der Waals surface area contributed by atoms with E-state index in [0.717, 1.165) is 0 Å². The van der Waals surface area contributed by atoms with Crippen LogP contribution in [-0.4, -0.2) is 23.8 Å². The molecule has 1 rings (SSSR count). The molecule has 1 unspecified atom stereocenters. The highest BCUT2D eigenvalue weighted by Gasteiger charge is 2.26. The van der Waals surface area contributed by atoms with Gasteiger partial charge in [-0.25, -0.2) is 0 Å². The molecule has 13 heavy (non-hydrogen) atoms. The Labute approximate surface area is 81.7 Å². The van der Waals surface area contributed by atoms with Crippen LogP contribution in [0.4, 0.5) is 0 Å². The summed E-state index contributed by atoms with van der Waals surface area (Å²) in [5, 5.41) is 12.4. The standard InChI is InChI=1S/C11H23NO/c1-9(8-13)12-10-4-6-11(2,3)7-5-10/h9-10,12-13H,4-8H2,1-3H3. The van der Waals surface area contributed by atoms with Crippen LogP contribution in [0.1, 0.15) is 46.5 Å². The fraction of sp³-hybridized carbons (Fsp3) is 1.00. The van der Waals surface area contributed by atoms with Crippen molar-refractivity contribution in [2.45, 2.75) is 58.5 Å². The molecule has 1 aliphatic carbocycles. The van der Waals surface area contributed by atoms with Crippen molar-refractivity contribution in [1.82, 2.24) is 5.32 Å². The summed E-state index contributed by atoms with van der Waals surface area (Å²) in [6, 6.07) is 0.890. The van der Waals surface area contributed by atoms with Gasteiger partial charge in [-0.1, -0.05) is 13.8 Å². The lowest BCUT2D eigenvalue weighted by atomic mass is 9.75. The van der Waals surface area contributed by atoms with E-state index in [0.29, 0.717) is 11.5 Å². The molecular formula is C11H23NO. The minimum atomic E-state index is 0.250. The summed E-state index contributed by atoms with van der Waals surface area (Å²) >= 11 is 0. The number of nitrogens with one attached hydrogen (secondary N) is 1. The zero-order valence-electron chi connectivity index (χ0n) is 9.14. The van der Waals surface area contributed by atoms with Crippen molar-refractivity contribution in [2.75, 3.05) is 6.61 Å². The minimum absolute atomic E-state index is 0.250. The van der Waals surface area contributed by atoms with Crippen LogP contribution < -0.4 is 5.32 Å². The van der Waals surface area contributed by atoms with Gasteiger partial charge in [-0.15, -0.1) is 0 Å². The maximum atomic E-state index is 8.91. The second-order valence-corrected chi connectivity index (χ2v) is 5.19. The number of aliphatic hydroxyl groups is 1. The van der Waals surface area contributed by atoms with Crippen LogP contribution in [0.5, 0.6) is 0 Å². The molecule has 78 valence electrons. The van der Waals surface area contributed by atoms with Gasteiger partial charge in [-0.3, -0.25) is 0 Å². The van der Waals surface area contributed by atoms with Gasteiger partial charge >= 0.3 is 0 Å². The van der Waals surface area contributed by atoms with Gasteiger partial charge in [0.1, 0.15) is 0 Å². The number of rotatable bonds is 3. The Hall–Kier alpha value is -0.0800. The summed E-state index contributed by atoms with van der Waals surface area (Å²) in [7, 11) is 0. The van der Waals surface area contributed by atoms with Gasteiger partial charge in [0.05, 0.1) is 6.61 Å². The third kappa shape index (κ3) is 3.65. The second kappa shape index (κ2) is 4.43. The summed E-state index contributed by atoms with van der Waals surface area (Å²) < 4.78 is 0. The molecule has 0 aliphatic heterocycles. The Balaban J connectivity index is 2.25. The largest absolute Gasteiger partial charge is 0.395 e. The fourth-order valence-electron chi connectivity index (χ4n) is 2.02. The zero-order valence-corrected chi connectivity index (χ0v) is 9.14. The van der Waals surface area contributed by atoms with E-state index in [4.69, 9.17) is 5.11 Å². The van der Waals surface area contributed by atoms with E-state index in [1.54, 1.807) is 0 Å². The Kier molecular flexibility index (Phi) is 3.74. The van der Waals surface area contributed by atoms with E-state index in [1.807, 2.05) is 6.92 Å². The maximum Gasteiger partial charge on any atom is 0.0582 e. The first kappa shape index (κ1) is 11.0. The molecule has 0 radical (unpaired) electrons. The Bertz CT molecular complexity index is 146. The predicted molar refractivity (Wildman–Crippen MR) is 55.7 cm³/mol. The monoisotopic (exact) mass is 185 g/mol. The lowest BCUT2D eigenvalue weighted by Crippen LogP contribution is -2.41. The highest BCUT2D eigenvalue weighted by molar-refractivity contribution is 4.83. The van der Waals surface area contributed by atoms with Gasteiger partial charge < -0.3 is 10.4 Å². The average molecular weight is 185 g/mol. The van der Waals surface area contributed by atoms with Gasteiger partial charge in [0.15, 0.2) is 0 Å². The first-order valence-electron chi connectivity index (χ1n) is 5.40. The average Bonchev–Trinajstić information content (AvgIpc) is 2.08. The summed E-state index contributed by atoms with van der Waals surface area (Å²) in [4.78, 5) is 0. The number of hydrogen-bond donors (Lipinski definition) is 2. The van der Waals surface area contributed by atoms with Gasteiger partial charge in [0.2, 0.25) is 0 Å². The van der Waals surface area contributed by atoms with Gasteiger partial charge in [-0.05, 0) is 38.0 Å². The minimum Gasteiger partial charge on any atom is -0.395 e. The van der Waals surface area contributed by atoms with E-state index >= 15 is 0 Å². The van der Waals surface area contributed by atoms with E-state index < -0.39 is 0 Å². The van der Waals surface area contributed by atoms with Crippen LogP contribution in [0, 0.1) is 5.41 Å². The Morgan fingerprint density at radius 1 is 1.38 bits per heavy atom. The van der Waals surface area contributed by atoms with E-state index in [-0.39, 0.29) is 12.6 Å². The summed E-state index contributed by atoms with van der Waals surface area (Å²) in [6.07, 6.45) is 5.14. The van der Waals surface area contributed by atoms with Crippen molar-refractivity contribution in [3.05, 3.63) is 0 Å². The van der Waals surface area contributed by atoms with E-state index in [2.05, 4.69) is 19.2 Å². The Morgan fingerprint density at radius 3 is 2.38 bits per heavy atom. The lowest BCUT2D eigenvalue weighted by Gasteiger charge is -2.35. The van der Waals surface area contributed by atoms with E-state index in [1.165, 1.54) is 25.7 Å². The summed E-state index contributed by atoms with van der Waals surface area (Å²) in [5.74, 6) is 0. The highest BCUT2D eigenvalue weighted by atomic mass is 16.3. The second-order valence-electron chi connectivity index (χ2n) is 5.19. The molecule has 0 bridgehead atoms. The van der Waals surface area contributed by atoms with Crippen molar-refractivity contribution in [3.8, 4) is 0 Å². The third-order valence-electron chi connectivity index (χ3n) is 3.13. The van der Waals surface area contributed by atoms with Crippen molar-refractivity contribution < 1.29 is 5.11 Å². The molecule has 0 aromatic carbocycles. The molecule has 1 fully saturated rings. The molecule has 2 N–H and O–H groups in total. The normalized spacial score (nSPS) is 25.8. The molecule has 2 heteroatoms. The molecule has 0 amide bonds. The van der Waals surface area contributed by atoms with Crippen LogP contribution in [0.15, 0.2) is 0 Å². The maximum absolute atomic E-state index is 8.91. The van der Waals surface area contributed by atoms with Gasteiger partial charge in [0.25, 0.3) is 0 Å². The van der Waals surface area contributed by atoms with Crippen molar-refractivity contribution >= 4 is 0 Å². The molecule has 1 saturated carbocycles. The molecule has 0 aromatic heterocycles. The molecule has 1 atom stereocenters. The van der Waals surface area contributed by atoms with Gasteiger partial charge in [0, 0.05) is 12.1 Å². The summed E-state index contributed by atoms with van der Waals surface area (Å²) in [6.45, 7) is 6.98. The quantitative estimate of drug-likeness (QED) is 0.704.